The molecular formula is C14H15N5O2S. The number of amides is 1. The second kappa shape index (κ2) is 6.10. The number of carbonyl (C=O) groups is 1. The van der Waals surface area contributed by atoms with Crippen molar-refractivity contribution in [3.63, 3.8) is 0 Å². The Labute approximate surface area is 131 Å². The van der Waals surface area contributed by atoms with Crippen LogP contribution in [0.1, 0.15) is 28.0 Å². The highest BCUT2D eigenvalue weighted by atomic mass is 32.1. The summed E-state index contributed by atoms with van der Waals surface area (Å²) in [5, 5.41) is 12.7. The normalized spacial score (nSPS) is 10.8. The van der Waals surface area contributed by atoms with E-state index in [4.69, 9.17) is 4.52 Å². The average molecular weight is 317 g/mol. The van der Waals surface area contributed by atoms with Crippen LogP contribution in [-0.2, 0) is 13.1 Å². The second-order valence-corrected chi connectivity index (χ2v) is 5.63. The minimum Gasteiger partial charge on any atom is -0.342 e. The largest absolute Gasteiger partial charge is 0.342 e. The third-order valence-corrected chi connectivity index (χ3v) is 4.17. The van der Waals surface area contributed by atoms with E-state index in [1.807, 2.05) is 31.5 Å². The average Bonchev–Trinajstić information content (AvgIpc) is 3.24. The summed E-state index contributed by atoms with van der Waals surface area (Å²) in [5.74, 6) is 0.698. The number of aromatic nitrogens is 4. The summed E-state index contributed by atoms with van der Waals surface area (Å²) in [5.41, 5.74) is 1.75. The number of aryl methyl sites for hydroxylation is 2. The first kappa shape index (κ1) is 14.5. The summed E-state index contributed by atoms with van der Waals surface area (Å²) in [6.45, 7) is 4.88. The highest BCUT2D eigenvalue weighted by Gasteiger charge is 2.14. The third kappa shape index (κ3) is 2.91. The van der Waals surface area contributed by atoms with E-state index < -0.39 is 0 Å². The fraction of sp³-hybridized carbons (Fsp3) is 0.286. The molecule has 0 saturated carbocycles. The monoisotopic (exact) mass is 317 g/mol. The van der Waals surface area contributed by atoms with Gasteiger partial charge < -0.3 is 9.84 Å². The number of nitrogens with zero attached hydrogens (tertiary/aromatic N) is 4. The van der Waals surface area contributed by atoms with Crippen molar-refractivity contribution in [2.24, 2.45) is 0 Å². The van der Waals surface area contributed by atoms with Gasteiger partial charge in [0.1, 0.15) is 0 Å². The molecule has 0 unspecified atom stereocenters. The van der Waals surface area contributed by atoms with Crippen LogP contribution in [-0.4, -0.2) is 25.8 Å². The molecule has 0 fully saturated rings. The van der Waals surface area contributed by atoms with Crippen LogP contribution in [0.25, 0.3) is 11.4 Å². The standard InChI is InChI=1S/C14H15N5O2S/c1-3-19-8-10(6-16-19)13-17-11(21-18-13)7-15-14(20)12-9(2)4-5-22-12/h4-6,8H,3,7H2,1-2H3,(H,15,20). The molecule has 0 bridgehead atoms. The Balaban J connectivity index is 1.65. The highest BCUT2D eigenvalue weighted by molar-refractivity contribution is 7.12. The zero-order chi connectivity index (χ0) is 15.5. The zero-order valence-corrected chi connectivity index (χ0v) is 13.1. The number of hydrogen-bond acceptors (Lipinski definition) is 6. The maximum Gasteiger partial charge on any atom is 0.262 e. The quantitative estimate of drug-likeness (QED) is 0.780. The van der Waals surface area contributed by atoms with Crippen molar-refractivity contribution in [1.29, 1.82) is 0 Å². The summed E-state index contributed by atoms with van der Waals surface area (Å²) in [6.07, 6.45) is 3.54. The summed E-state index contributed by atoms with van der Waals surface area (Å²) < 4.78 is 6.93. The van der Waals surface area contributed by atoms with Crippen LogP contribution in [0.15, 0.2) is 28.4 Å². The Morgan fingerprint density at radius 3 is 3.05 bits per heavy atom. The molecular weight excluding hydrogens is 302 g/mol. The van der Waals surface area contributed by atoms with E-state index in [-0.39, 0.29) is 12.5 Å². The van der Waals surface area contributed by atoms with Crippen molar-refractivity contribution in [1.82, 2.24) is 25.2 Å². The minimum absolute atomic E-state index is 0.133. The fourth-order valence-electron chi connectivity index (χ4n) is 1.94. The molecule has 0 radical (unpaired) electrons. The summed E-state index contributed by atoms with van der Waals surface area (Å²) >= 11 is 1.41. The van der Waals surface area contributed by atoms with Crippen LogP contribution in [0.4, 0.5) is 0 Å². The lowest BCUT2D eigenvalue weighted by Gasteiger charge is -2.00. The number of carbonyl (C=O) groups excluding carboxylic acids is 1. The van der Waals surface area contributed by atoms with E-state index in [1.165, 1.54) is 11.3 Å². The van der Waals surface area contributed by atoms with E-state index in [2.05, 4.69) is 20.6 Å². The van der Waals surface area contributed by atoms with Gasteiger partial charge in [0, 0.05) is 12.7 Å². The lowest BCUT2D eigenvalue weighted by molar-refractivity contribution is 0.0950. The molecule has 0 spiro atoms. The van der Waals surface area contributed by atoms with E-state index >= 15 is 0 Å². The predicted molar refractivity (Wildman–Crippen MR) is 81.4 cm³/mol. The lowest BCUT2D eigenvalue weighted by Crippen LogP contribution is -2.22. The van der Waals surface area contributed by atoms with Gasteiger partial charge in [-0.15, -0.1) is 11.3 Å². The molecule has 0 aliphatic carbocycles. The van der Waals surface area contributed by atoms with Gasteiger partial charge in [0.25, 0.3) is 5.91 Å². The van der Waals surface area contributed by atoms with Gasteiger partial charge in [-0.2, -0.15) is 10.1 Å². The Morgan fingerprint density at radius 2 is 2.36 bits per heavy atom. The van der Waals surface area contributed by atoms with Crippen molar-refractivity contribution in [2.75, 3.05) is 0 Å². The molecule has 3 aromatic rings. The smallest absolute Gasteiger partial charge is 0.262 e. The molecule has 8 heteroatoms. The SMILES string of the molecule is CCn1cc(-c2noc(CNC(=O)c3sccc3C)n2)cn1. The molecule has 0 aliphatic rings. The van der Waals surface area contributed by atoms with Gasteiger partial charge in [0.05, 0.1) is 23.2 Å². The first-order chi connectivity index (χ1) is 10.7. The van der Waals surface area contributed by atoms with Crippen LogP contribution in [0, 0.1) is 6.92 Å². The molecule has 0 saturated heterocycles. The maximum absolute atomic E-state index is 12.0. The molecule has 3 aromatic heterocycles. The summed E-state index contributed by atoms with van der Waals surface area (Å²) in [4.78, 5) is 17.0. The Bertz CT molecular complexity index is 789. The molecule has 1 amide bonds. The van der Waals surface area contributed by atoms with Gasteiger partial charge in [-0.25, -0.2) is 0 Å². The Morgan fingerprint density at radius 1 is 1.50 bits per heavy atom. The van der Waals surface area contributed by atoms with Crippen molar-refractivity contribution in [3.8, 4) is 11.4 Å². The van der Waals surface area contributed by atoms with E-state index in [9.17, 15) is 4.79 Å². The molecule has 7 nitrogen and oxygen atoms in total. The minimum atomic E-state index is -0.133. The molecule has 22 heavy (non-hydrogen) atoms. The predicted octanol–water partition coefficient (Wildman–Crippen LogP) is 2.25. The Kier molecular flexibility index (Phi) is 4.01. The Hall–Kier alpha value is -2.48. The zero-order valence-electron chi connectivity index (χ0n) is 12.2. The first-order valence-electron chi connectivity index (χ1n) is 6.85. The van der Waals surface area contributed by atoms with Crippen molar-refractivity contribution in [2.45, 2.75) is 26.9 Å². The van der Waals surface area contributed by atoms with Crippen molar-refractivity contribution < 1.29 is 9.32 Å². The third-order valence-electron chi connectivity index (χ3n) is 3.15. The van der Waals surface area contributed by atoms with Gasteiger partial charge in [-0.3, -0.25) is 9.48 Å². The lowest BCUT2D eigenvalue weighted by atomic mass is 10.3. The topological polar surface area (TPSA) is 85.8 Å². The molecule has 0 aliphatic heterocycles. The number of rotatable bonds is 5. The van der Waals surface area contributed by atoms with E-state index in [0.29, 0.717) is 16.6 Å². The molecule has 1 N–H and O–H groups in total. The molecule has 114 valence electrons. The van der Waals surface area contributed by atoms with Crippen LogP contribution in [0.5, 0.6) is 0 Å². The summed E-state index contributed by atoms with van der Waals surface area (Å²) in [6, 6.07) is 1.91. The second-order valence-electron chi connectivity index (χ2n) is 4.71. The van der Waals surface area contributed by atoms with E-state index in [0.717, 1.165) is 17.7 Å². The summed E-state index contributed by atoms with van der Waals surface area (Å²) in [7, 11) is 0. The highest BCUT2D eigenvalue weighted by Crippen LogP contribution is 2.16. The number of nitrogens with one attached hydrogen (secondary N) is 1. The van der Waals surface area contributed by atoms with Crippen molar-refractivity contribution in [3.05, 3.63) is 40.2 Å². The van der Waals surface area contributed by atoms with Gasteiger partial charge in [-0.1, -0.05) is 5.16 Å². The maximum atomic E-state index is 12.0. The van der Waals surface area contributed by atoms with Gasteiger partial charge in [-0.05, 0) is 30.9 Å². The first-order valence-corrected chi connectivity index (χ1v) is 7.73. The van der Waals surface area contributed by atoms with Gasteiger partial charge in [0.2, 0.25) is 11.7 Å². The van der Waals surface area contributed by atoms with Gasteiger partial charge in [0.15, 0.2) is 0 Å². The number of thiophene rings is 1. The van der Waals surface area contributed by atoms with Gasteiger partial charge >= 0.3 is 0 Å². The molecule has 3 rings (SSSR count). The van der Waals surface area contributed by atoms with Crippen LogP contribution >= 0.6 is 11.3 Å². The van der Waals surface area contributed by atoms with Crippen LogP contribution < -0.4 is 5.32 Å². The van der Waals surface area contributed by atoms with Crippen LogP contribution in [0.2, 0.25) is 0 Å². The van der Waals surface area contributed by atoms with Crippen LogP contribution in [0.3, 0.4) is 0 Å². The number of hydrogen-bond donors (Lipinski definition) is 1. The fourth-order valence-corrected chi connectivity index (χ4v) is 2.78. The molecule has 0 aromatic carbocycles. The van der Waals surface area contributed by atoms with E-state index in [1.54, 1.807) is 10.9 Å². The van der Waals surface area contributed by atoms with Crippen molar-refractivity contribution >= 4 is 17.2 Å². The molecule has 3 heterocycles. The molecule has 0 atom stereocenters.